The van der Waals surface area contributed by atoms with Crippen molar-refractivity contribution in [3.05, 3.63) is 30.6 Å². The molecule has 1 heterocycles. The zero-order valence-corrected chi connectivity index (χ0v) is 11.1. The van der Waals surface area contributed by atoms with Gasteiger partial charge in [0.1, 0.15) is 6.54 Å². The lowest BCUT2D eigenvalue weighted by Crippen LogP contribution is -3.00. The third-order valence-electron chi connectivity index (χ3n) is 2.22. The summed E-state index contributed by atoms with van der Waals surface area (Å²) in [5.74, 6) is 0. The van der Waals surface area contributed by atoms with E-state index < -0.39 is 0 Å². The van der Waals surface area contributed by atoms with Gasteiger partial charge in [-0.3, -0.25) is 0 Å². The molecule has 0 bridgehead atoms. The van der Waals surface area contributed by atoms with Crippen molar-refractivity contribution in [2.24, 2.45) is 0 Å². The Morgan fingerprint density at radius 2 is 1.67 bits per heavy atom. The summed E-state index contributed by atoms with van der Waals surface area (Å²) in [6.07, 6.45) is 4.96. The maximum Gasteiger partial charge on any atom is 0.168 e. The Bertz CT molecular complexity index is 275. The van der Waals surface area contributed by atoms with Gasteiger partial charge in [-0.15, -0.1) is 3.94 Å². The second kappa shape index (κ2) is 6.54. The van der Waals surface area contributed by atoms with E-state index >= 15 is 0 Å². The van der Waals surface area contributed by atoms with E-state index in [2.05, 4.69) is 4.57 Å². The SMILES string of the molecule is CC(C)(CC[n+]1ccccc1)N(Cl)Cl.[Cl-]. The molecule has 0 spiro atoms. The number of hydrogen-bond acceptors (Lipinski definition) is 1. The molecule has 0 saturated carbocycles. The van der Waals surface area contributed by atoms with Gasteiger partial charge in [-0.25, -0.2) is 4.57 Å². The van der Waals surface area contributed by atoms with Crippen LogP contribution in [-0.4, -0.2) is 9.48 Å². The molecule has 0 N–H and O–H groups in total. The third kappa shape index (κ3) is 5.03. The van der Waals surface area contributed by atoms with Crippen LogP contribution < -0.4 is 17.0 Å². The van der Waals surface area contributed by atoms with Crippen LogP contribution >= 0.6 is 23.6 Å². The van der Waals surface area contributed by atoms with Gasteiger partial charge in [-0.2, -0.15) is 0 Å². The number of pyridine rings is 1. The van der Waals surface area contributed by atoms with E-state index in [1.165, 1.54) is 3.94 Å². The molecular formula is C10H15Cl3N2. The normalized spacial score (nSPS) is 11.3. The quantitative estimate of drug-likeness (QED) is 0.540. The summed E-state index contributed by atoms with van der Waals surface area (Å²) in [5, 5.41) is 0. The van der Waals surface area contributed by atoms with Crippen LogP contribution in [0.3, 0.4) is 0 Å². The van der Waals surface area contributed by atoms with Crippen LogP contribution in [0.25, 0.3) is 0 Å². The predicted octanol–water partition coefficient (Wildman–Crippen LogP) is -0.244. The van der Waals surface area contributed by atoms with Gasteiger partial charge in [0, 0.05) is 18.6 Å². The summed E-state index contributed by atoms with van der Waals surface area (Å²) in [6, 6.07) is 6.01. The van der Waals surface area contributed by atoms with Crippen LogP contribution in [0.1, 0.15) is 20.3 Å². The topological polar surface area (TPSA) is 7.12 Å². The van der Waals surface area contributed by atoms with Crippen LogP contribution in [0, 0.1) is 0 Å². The molecule has 0 aliphatic rings. The maximum atomic E-state index is 5.73. The summed E-state index contributed by atoms with van der Waals surface area (Å²) < 4.78 is 3.33. The monoisotopic (exact) mass is 268 g/mol. The first-order valence-corrected chi connectivity index (χ1v) is 5.26. The largest absolute Gasteiger partial charge is 1.00 e. The molecule has 0 saturated heterocycles. The van der Waals surface area contributed by atoms with Gasteiger partial charge in [-0.05, 0) is 37.4 Å². The number of aromatic nitrogens is 1. The van der Waals surface area contributed by atoms with E-state index in [0.717, 1.165) is 13.0 Å². The third-order valence-corrected chi connectivity index (χ3v) is 3.13. The molecule has 0 radical (unpaired) electrons. The lowest BCUT2D eigenvalue weighted by atomic mass is 10.0. The number of nitrogens with zero attached hydrogens (tertiary/aromatic N) is 2. The standard InChI is InChI=1S/C10H15Cl2N2.ClH/c1-10(2,14(11)12)6-9-13-7-4-3-5-8-13;/h3-5,7-8H,6,9H2,1-2H3;1H/q+1;/p-1. The number of aryl methyl sites for hydroxylation is 1. The molecule has 1 aromatic heterocycles. The highest BCUT2D eigenvalue weighted by Crippen LogP contribution is 2.22. The highest BCUT2D eigenvalue weighted by molar-refractivity contribution is 6.34. The van der Waals surface area contributed by atoms with Crippen LogP contribution in [0.4, 0.5) is 0 Å². The predicted molar refractivity (Wildman–Crippen MR) is 58.9 cm³/mol. The van der Waals surface area contributed by atoms with Crippen LogP contribution in [0.15, 0.2) is 30.6 Å². The zero-order chi connectivity index (χ0) is 10.6. The lowest BCUT2D eigenvalue weighted by molar-refractivity contribution is -0.698. The molecule has 0 unspecified atom stereocenters. The highest BCUT2D eigenvalue weighted by atomic mass is 35.5. The smallest absolute Gasteiger partial charge is 0.168 e. The van der Waals surface area contributed by atoms with Crippen LogP contribution in [-0.2, 0) is 6.54 Å². The van der Waals surface area contributed by atoms with E-state index in [9.17, 15) is 0 Å². The number of hydrogen-bond donors (Lipinski definition) is 0. The van der Waals surface area contributed by atoms with Gasteiger partial charge >= 0.3 is 0 Å². The minimum absolute atomic E-state index is 0. The molecule has 0 aliphatic carbocycles. The molecule has 86 valence electrons. The van der Waals surface area contributed by atoms with Crippen LogP contribution in [0.2, 0.25) is 0 Å². The fourth-order valence-corrected chi connectivity index (χ4v) is 1.24. The molecule has 15 heavy (non-hydrogen) atoms. The molecule has 0 amide bonds. The van der Waals surface area contributed by atoms with Gasteiger partial charge in [0.15, 0.2) is 12.4 Å². The van der Waals surface area contributed by atoms with Gasteiger partial charge in [0.05, 0.1) is 5.54 Å². The average molecular weight is 270 g/mol. The molecule has 5 heteroatoms. The first kappa shape index (κ1) is 15.0. The van der Waals surface area contributed by atoms with Crippen molar-refractivity contribution in [3.63, 3.8) is 0 Å². The Labute approximate surface area is 107 Å². The maximum absolute atomic E-state index is 5.73. The van der Waals surface area contributed by atoms with E-state index in [-0.39, 0.29) is 17.9 Å². The van der Waals surface area contributed by atoms with E-state index in [4.69, 9.17) is 23.6 Å². The first-order valence-electron chi connectivity index (χ1n) is 4.58. The average Bonchev–Trinajstić information content (AvgIpc) is 2.16. The summed E-state index contributed by atoms with van der Waals surface area (Å²) >= 11 is 11.5. The number of rotatable bonds is 4. The van der Waals surface area contributed by atoms with Crippen molar-refractivity contribution in [2.45, 2.75) is 32.4 Å². The summed E-state index contributed by atoms with van der Waals surface area (Å²) in [6.45, 7) is 4.93. The molecule has 1 rings (SSSR count). The fraction of sp³-hybridized carbons (Fsp3) is 0.500. The Hall–Kier alpha value is -0.0200. The Balaban J connectivity index is 0.00000196. The molecular weight excluding hydrogens is 254 g/mol. The molecule has 1 aromatic rings. The van der Waals surface area contributed by atoms with E-state index in [0.29, 0.717) is 0 Å². The van der Waals surface area contributed by atoms with E-state index in [1.54, 1.807) is 0 Å². The van der Waals surface area contributed by atoms with Crippen LogP contribution in [0.5, 0.6) is 0 Å². The molecule has 0 aromatic carbocycles. The van der Waals surface area contributed by atoms with Gasteiger partial charge < -0.3 is 12.4 Å². The number of halogens is 3. The first-order chi connectivity index (χ1) is 6.52. The second-order valence-electron chi connectivity index (χ2n) is 3.91. The Morgan fingerprint density at radius 3 is 2.13 bits per heavy atom. The van der Waals surface area contributed by atoms with Crippen molar-refractivity contribution in [2.75, 3.05) is 0 Å². The van der Waals surface area contributed by atoms with Crippen molar-refractivity contribution in [1.29, 1.82) is 0 Å². The Kier molecular flexibility index (Phi) is 6.53. The lowest BCUT2D eigenvalue weighted by Gasteiger charge is -2.25. The van der Waals surface area contributed by atoms with Crippen molar-refractivity contribution >= 4 is 23.6 Å². The summed E-state index contributed by atoms with van der Waals surface area (Å²) in [5.41, 5.74) is -0.202. The minimum Gasteiger partial charge on any atom is -1.00 e. The van der Waals surface area contributed by atoms with Crippen molar-refractivity contribution in [1.82, 2.24) is 3.94 Å². The van der Waals surface area contributed by atoms with Gasteiger partial charge in [0.25, 0.3) is 0 Å². The zero-order valence-electron chi connectivity index (χ0n) is 8.83. The fourth-order valence-electron chi connectivity index (χ4n) is 1.07. The minimum atomic E-state index is -0.202. The second-order valence-corrected chi connectivity index (χ2v) is 4.76. The summed E-state index contributed by atoms with van der Waals surface area (Å²) in [4.78, 5) is 0. The molecule has 0 fully saturated rings. The van der Waals surface area contributed by atoms with E-state index in [1.807, 2.05) is 44.4 Å². The highest BCUT2D eigenvalue weighted by Gasteiger charge is 2.25. The Morgan fingerprint density at radius 1 is 1.13 bits per heavy atom. The van der Waals surface area contributed by atoms with Crippen molar-refractivity contribution < 1.29 is 17.0 Å². The summed E-state index contributed by atoms with van der Waals surface area (Å²) in [7, 11) is 0. The molecule has 0 aliphatic heterocycles. The van der Waals surface area contributed by atoms with Crippen molar-refractivity contribution in [3.8, 4) is 0 Å². The molecule has 2 nitrogen and oxygen atoms in total. The van der Waals surface area contributed by atoms with Gasteiger partial charge in [-0.1, -0.05) is 6.07 Å². The van der Waals surface area contributed by atoms with Gasteiger partial charge in [0.2, 0.25) is 0 Å². The molecule has 0 atom stereocenters.